The third-order valence-corrected chi connectivity index (χ3v) is 6.18. The minimum absolute atomic E-state index is 0.110. The van der Waals surface area contributed by atoms with Crippen molar-refractivity contribution in [3.63, 3.8) is 0 Å². The van der Waals surface area contributed by atoms with Gasteiger partial charge in [0.1, 0.15) is 6.33 Å². The van der Waals surface area contributed by atoms with Crippen LogP contribution in [0, 0.1) is 0 Å². The molecule has 0 radical (unpaired) electrons. The van der Waals surface area contributed by atoms with Crippen molar-refractivity contribution in [3.05, 3.63) is 53.1 Å². The zero-order valence-electron chi connectivity index (χ0n) is 16.0. The van der Waals surface area contributed by atoms with E-state index in [1.54, 1.807) is 11.0 Å². The van der Waals surface area contributed by atoms with E-state index in [2.05, 4.69) is 25.3 Å². The predicted octanol–water partition coefficient (Wildman–Crippen LogP) is 3.61. The van der Waals surface area contributed by atoms with Crippen molar-refractivity contribution in [1.29, 1.82) is 0 Å². The topological polar surface area (TPSA) is 92.1 Å². The van der Waals surface area contributed by atoms with Crippen LogP contribution >= 0.6 is 11.3 Å². The molecule has 5 heterocycles. The number of hydrogen-bond donors (Lipinski definition) is 1. The lowest BCUT2D eigenvalue weighted by Crippen LogP contribution is -2.39. The van der Waals surface area contributed by atoms with Crippen LogP contribution in [-0.4, -0.2) is 53.7 Å². The average molecular weight is 447 g/mol. The molecule has 5 rings (SSSR count). The first-order valence-electron chi connectivity index (χ1n) is 9.56. The maximum atomic E-state index is 13.5. The molecule has 0 spiro atoms. The average Bonchev–Trinajstić information content (AvgIpc) is 3.52. The number of likely N-dealkylation sites (tertiary alicyclic amines) is 1. The van der Waals surface area contributed by atoms with Gasteiger partial charge in [0.15, 0.2) is 11.4 Å². The van der Waals surface area contributed by atoms with Crippen LogP contribution in [-0.2, 0) is 6.18 Å². The molecule has 1 aliphatic rings. The van der Waals surface area contributed by atoms with Crippen LogP contribution in [0.3, 0.4) is 0 Å². The number of halogens is 3. The summed E-state index contributed by atoms with van der Waals surface area (Å²) in [4.78, 5) is 23.7. The Morgan fingerprint density at radius 2 is 2.16 bits per heavy atom. The molecule has 0 saturated carbocycles. The van der Waals surface area contributed by atoms with Gasteiger partial charge in [-0.3, -0.25) is 9.89 Å². The molecule has 160 valence electrons. The zero-order chi connectivity index (χ0) is 21.6. The number of H-pyrrole nitrogens is 1. The summed E-state index contributed by atoms with van der Waals surface area (Å²) >= 11 is 1.53. The Kier molecular flexibility index (Phi) is 4.73. The second-order valence-electron chi connectivity index (χ2n) is 7.27. The molecule has 1 aliphatic heterocycles. The molecular weight excluding hydrogens is 431 g/mol. The summed E-state index contributed by atoms with van der Waals surface area (Å²) in [5, 5.41) is 12.6. The van der Waals surface area contributed by atoms with Gasteiger partial charge in [0, 0.05) is 19.0 Å². The van der Waals surface area contributed by atoms with Gasteiger partial charge in [-0.05, 0) is 36.4 Å². The van der Waals surface area contributed by atoms with E-state index in [-0.39, 0.29) is 35.5 Å². The van der Waals surface area contributed by atoms with E-state index in [1.165, 1.54) is 11.3 Å². The minimum atomic E-state index is -4.60. The molecule has 31 heavy (non-hydrogen) atoms. The fourth-order valence-corrected chi connectivity index (χ4v) is 4.49. The van der Waals surface area contributed by atoms with Crippen LogP contribution in [0.5, 0.6) is 0 Å². The van der Waals surface area contributed by atoms with E-state index in [0.29, 0.717) is 23.9 Å². The maximum Gasteiger partial charge on any atom is 0.433 e. The van der Waals surface area contributed by atoms with Crippen LogP contribution in [0.4, 0.5) is 13.2 Å². The van der Waals surface area contributed by atoms with Crippen molar-refractivity contribution in [3.8, 4) is 10.6 Å². The highest BCUT2D eigenvalue weighted by Gasteiger charge is 2.37. The molecule has 0 aromatic carbocycles. The molecule has 0 bridgehead atoms. The number of amides is 1. The van der Waals surface area contributed by atoms with Crippen molar-refractivity contribution < 1.29 is 18.0 Å². The lowest BCUT2D eigenvalue weighted by atomic mass is 9.94. The summed E-state index contributed by atoms with van der Waals surface area (Å²) in [6.45, 7) is 0.768. The predicted molar refractivity (Wildman–Crippen MR) is 106 cm³/mol. The quantitative estimate of drug-likeness (QED) is 0.518. The van der Waals surface area contributed by atoms with Crippen molar-refractivity contribution in [2.45, 2.75) is 24.9 Å². The first-order chi connectivity index (χ1) is 14.9. The fourth-order valence-electron chi connectivity index (χ4n) is 3.80. The van der Waals surface area contributed by atoms with Gasteiger partial charge in [-0.25, -0.2) is 4.98 Å². The summed E-state index contributed by atoms with van der Waals surface area (Å²) in [6, 6.07) is 6.53. The molecule has 1 N–H and O–H groups in total. The smallest absolute Gasteiger partial charge is 0.337 e. The highest BCUT2D eigenvalue weighted by atomic mass is 32.1. The number of carbonyl (C=O) groups is 1. The molecule has 8 nitrogen and oxygen atoms in total. The Balaban J connectivity index is 1.40. The van der Waals surface area contributed by atoms with Crippen LogP contribution in [0.15, 0.2) is 36.0 Å². The van der Waals surface area contributed by atoms with Crippen LogP contribution in [0.2, 0.25) is 0 Å². The summed E-state index contributed by atoms with van der Waals surface area (Å²) < 4.78 is 41.2. The largest absolute Gasteiger partial charge is 0.433 e. The van der Waals surface area contributed by atoms with Crippen LogP contribution in [0.25, 0.3) is 16.3 Å². The number of nitrogens with one attached hydrogen (secondary N) is 1. The van der Waals surface area contributed by atoms with Gasteiger partial charge in [-0.2, -0.15) is 32.9 Å². The molecular formula is C19H16F3N7OS. The molecule has 12 heteroatoms. The maximum absolute atomic E-state index is 13.5. The van der Waals surface area contributed by atoms with E-state index in [9.17, 15) is 18.0 Å². The Morgan fingerprint density at radius 3 is 2.94 bits per heavy atom. The SMILES string of the molecule is O=C(c1cc(-c2cccs2)[nH]n1)N1CCC[C@@H](c2cc(C(F)(F)F)n3ncnc3n2)C1. The molecule has 0 unspecified atom stereocenters. The summed E-state index contributed by atoms with van der Waals surface area (Å²) in [6.07, 6.45) is -2.28. The first kappa shape index (κ1) is 19.7. The third kappa shape index (κ3) is 3.67. The molecule has 4 aromatic heterocycles. The number of nitrogens with zero attached hydrogens (tertiary/aromatic N) is 6. The second-order valence-corrected chi connectivity index (χ2v) is 8.22. The van der Waals surface area contributed by atoms with E-state index in [4.69, 9.17) is 0 Å². The highest BCUT2D eigenvalue weighted by molar-refractivity contribution is 7.13. The Labute approximate surface area is 177 Å². The number of carbonyl (C=O) groups excluding carboxylic acids is 1. The number of alkyl halides is 3. The number of rotatable bonds is 3. The second kappa shape index (κ2) is 7.45. The molecule has 1 saturated heterocycles. The van der Waals surface area contributed by atoms with Crippen molar-refractivity contribution in [2.24, 2.45) is 0 Å². The number of hydrogen-bond acceptors (Lipinski definition) is 6. The number of aromatic nitrogens is 6. The van der Waals surface area contributed by atoms with Crippen molar-refractivity contribution >= 4 is 23.0 Å². The normalized spacial score (nSPS) is 17.4. The summed E-state index contributed by atoms with van der Waals surface area (Å²) in [5.41, 5.74) is 0.356. The third-order valence-electron chi connectivity index (χ3n) is 5.27. The minimum Gasteiger partial charge on any atom is -0.337 e. The van der Waals surface area contributed by atoms with E-state index in [0.717, 1.165) is 23.0 Å². The lowest BCUT2D eigenvalue weighted by molar-refractivity contribution is -0.142. The van der Waals surface area contributed by atoms with E-state index >= 15 is 0 Å². The van der Waals surface area contributed by atoms with Crippen molar-refractivity contribution in [2.75, 3.05) is 13.1 Å². The summed E-state index contributed by atoms with van der Waals surface area (Å²) in [7, 11) is 0. The van der Waals surface area contributed by atoms with Crippen molar-refractivity contribution in [1.82, 2.24) is 34.7 Å². The van der Waals surface area contributed by atoms with Crippen LogP contribution in [0.1, 0.15) is 40.6 Å². The number of piperidine rings is 1. The van der Waals surface area contributed by atoms with Gasteiger partial charge in [-0.1, -0.05) is 6.07 Å². The van der Waals surface area contributed by atoms with Gasteiger partial charge >= 0.3 is 6.18 Å². The lowest BCUT2D eigenvalue weighted by Gasteiger charge is -2.32. The molecule has 1 atom stereocenters. The standard InChI is InChI=1S/C19H16F3N7OS/c20-19(21,22)16-8-12(25-18-23-10-24-29(16)18)11-3-1-5-28(9-11)17(30)14-7-13(26-27-14)15-4-2-6-31-15/h2,4,6-8,10-11H,1,3,5,9H2,(H,26,27)/t11-/m1/s1. The molecule has 0 aliphatic carbocycles. The van der Waals surface area contributed by atoms with Gasteiger partial charge in [0.2, 0.25) is 0 Å². The Hall–Kier alpha value is -3.28. The Morgan fingerprint density at radius 1 is 1.29 bits per heavy atom. The highest BCUT2D eigenvalue weighted by Crippen LogP contribution is 2.33. The van der Waals surface area contributed by atoms with E-state index in [1.807, 2.05) is 17.5 Å². The number of thiophene rings is 1. The fraction of sp³-hybridized carbons (Fsp3) is 0.316. The van der Waals surface area contributed by atoms with E-state index < -0.39 is 11.9 Å². The molecule has 1 amide bonds. The Bertz CT molecular complexity index is 1230. The molecule has 4 aromatic rings. The summed E-state index contributed by atoms with van der Waals surface area (Å²) in [5.74, 6) is -0.708. The molecule has 1 fully saturated rings. The number of fused-ring (bicyclic) bond motifs is 1. The van der Waals surface area contributed by atoms with Crippen LogP contribution < -0.4 is 0 Å². The van der Waals surface area contributed by atoms with Gasteiger partial charge in [0.25, 0.3) is 11.7 Å². The van der Waals surface area contributed by atoms with Gasteiger partial charge in [-0.15, -0.1) is 11.3 Å². The van der Waals surface area contributed by atoms with Gasteiger partial charge in [0.05, 0.1) is 16.3 Å². The zero-order valence-corrected chi connectivity index (χ0v) is 16.8. The monoisotopic (exact) mass is 447 g/mol. The first-order valence-corrected chi connectivity index (χ1v) is 10.4. The number of aromatic amines is 1. The van der Waals surface area contributed by atoms with Gasteiger partial charge < -0.3 is 4.90 Å².